The van der Waals surface area contributed by atoms with Crippen LogP contribution in [0.4, 0.5) is 0 Å². The summed E-state index contributed by atoms with van der Waals surface area (Å²) in [6.45, 7) is 0.135. The van der Waals surface area contributed by atoms with Gasteiger partial charge in [-0.1, -0.05) is 30.3 Å². The number of carbonyl (C=O) groups excluding carboxylic acids is 1. The molecular formula is C22H21N5O4S. The van der Waals surface area contributed by atoms with Crippen LogP contribution in [0.5, 0.6) is 0 Å². The highest BCUT2D eigenvalue weighted by atomic mass is 32.2. The molecule has 0 radical (unpaired) electrons. The number of benzene rings is 2. The molecule has 0 fully saturated rings. The molecule has 1 amide bonds. The van der Waals surface area contributed by atoms with E-state index >= 15 is 0 Å². The molecule has 1 unspecified atom stereocenters. The molecule has 0 saturated heterocycles. The summed E-state index contributed by atoms with van der Waals surface area (Å²) < 4.78 is 28.8. The van der Waals surface area contributed by atoms with Crippen LogP contribution in [-0.2, 0) is 35.0 Å². The van der Waals surface area contributed by atoms with Crippen LogP contribution in [-0.4, -0.2) is 49.9 Å². The van der Waals surface area contributed by atoms with Gasteiger partial charge in [0, 0.05) is 30.7 Å². The summed E-state index contributed by atoms with van der Waals surface area (Å²) in [7, 11) is -2.13. The lowest BCUT2D eigenvalue weighted by Gasteiger charge is -2.22. The topological polar surface area (TPSA) is 110 Å². The van der Waals surface area contributed by atoms with E-state index in [2.05, 4.69) is 10.2 Å². The van der Waals surface area contributed by atoms with Gasteiger partial charge in [0.15, 0.2) is 0 Å². The Balaban J connectivity index is 1.39. The second-order valence-electron chi connectivity index (χ2n) is 7.81. The molecule has 1 aliphatic heterocycles. The number of aliphatic hydroxyl groups is 1. The Morgan fingerprint density at radius 1 is 1.16 bits per heavy atom. The first kappa shape index (κ1) is 20.4. The molecule has 2 aromatic carbocycles. The van der Waals surface area contributed by atoms with E-state index in [1.807, 2.05) is 18.2 Å². The standard InChI is InChI=1S/C22H21N5O4S/c1-25-21-9-18(8-7-16(21)10-23-25)32(30,31)27-12-17-11-26(13-20(17)24-27)22(29)19(14-28)15-5-3-2-4-6-15/h2-10,12,19,28H,11,13-14H2,1H3. The third-order valence-corrected chi connectivity index (χ3v) is 7.35. The Hall–Kier alpha value is -3.50. The number of fused-ring (bicyclic) bond motifs is 2. The van der Waals surface area contributed by atoms with Crippen LogP contribution in [0.25, 0.3) is 10.9 Å². The van der Waals surface area contributed by atoms with Crippen molar-refractivity contribution in [2.45, 2.75) is 23.9 Å². The molecule has 1 N–H and O–H groups in total. The number of hydrogen-bond donors (Lipinski definition) is 1. The van der Waals surface area contributed by atoms with Crippen molar-refractivity contribution in [1.29, 1.82) is 0 Å². The molecule has 32 heavy (non-hydrogen) atoms. The van der Waals surface area contributed by atoms with Crippen molar-refractivity contribution in [3.05, 3.63) is 77.7 Å². The van der Waals surface area contributed by atoms with Gasteiger partial charge >= 0.3 is 0 Å². The largest absolute Gasteiger partial charge is 0.395 e. The van der Waals surface area contributed by atoms with E-state index in [1.54, 1.807) is 47.1 Å². The number of aromatic nitrogens is 4. The first-order valence-electron chi connectivity index (χ1n) is 10.1. The van der Waals surface area contributed by atoms with E-state index in [1.165, 1.54) is 12.3 Å². The zero-order valence-corrected chi connectivity index (χ0v) is 18.1. The molecule has 9 nitrogen and oxygen atoms in total. The van der Waals surface area contributed by atoms with Crippen LogP contribution >= 0.6 is 0 Å². The van der Waals surface area contributed by atoms with Gasteiger partial charge in [0.05, 0.1) is 41.4 Å². The number of rotatable bonds is 5. The quantitative estimate of drug-likeness (QED) is 0.494. The van der Waals surface area contributed by atoms with Crippen molar-refractivity contribution in [2.75, 3.05) is 6.61 Å². The van der Waals surface area contributed by atoms with Gasteiger partial charge in [0.25, 0.3) is 10.0 Å². The van der Waals surface area contributed by atoms with Crippen LogP contribution < -0.4 is 0 Å². The van der Waals surface area contributed by atoms with Crippen LogP contribution in [0.2, 0.25) is 0 Å². The number of amides is 1. The average Bonchev–Trinajstić information content (AvgIpc) is 3.48. The predicted octanol–water partition coefficient (Wildman–Crippen LogP) is 1.63. The molecule has 10 heteroatoms. The van der Waals surface area contributed by atoms with E-state index in [0.29, 0.717) is 16.8 Å². The SMILES string of the molecule is Cn1ncc2ccc(S(=O)(=O)n3cc4c(n3)CN(C(=O)C(CO)c3ccccc3)C4)cc21. The van der Waals surface area contributed by atoms with E-state index in [0.717, 1.165) is 15.0 Å². The minimum absolute atomic E-state index is 0.118. The van der Waals surface area contributed by atoms with Gasteiger partial charge in [-0.3, -0.25) is 9.48 Å². The van der Waals surface area contributed by atoms with Crippen LogP contribution in [0, 0.1) is 0 Å². The van der Waals surface area contributed by atoms with E-state index in [4.69, 9.17) is 0 Å². The minimum Gasteiger partial charge on any atom is -0.395 e. The third kappa shape index (κ3) is 3.28. The van der Waals surface area contributed by atoms with Gasteiger partial charge in [-0.25, -0.2) is 0 Å². The molecule has 3 heterocycles. The number of carbonyl (C=O) groups is 1. The van der Waals surface area contributed by atoms with Gasteiger partial charge < -0.3 is 10.0 Å². The predicted molar refractivity (Wildman–Crippen MR) is 116 cm³/mol. The van der Waals surface area contributed by atoms with Crippen LogP contribution in [0.3, 0.4) is 0 Å². The lowest BCUT2D eigenvalue weighted by molar-refractivity contribution is -0.134. The highest BCUT2D eigenvalue weighted by Gasteiger charge is 2.33. The lowest BCUT2D eigenvalue weighted by Crippen LogP contribution is -2.33. The molecule has 0 bridgehead atoms. The molecular weight excluding hydrogens is 430 g/mol. The molecule has 0 saturated carbocycles. The van der Waals surface area contributed by atoms with Crippen molar-refractivity contribution in [2.24, 2.45) is 7.05 Å². The normalized spacial score (nSPS) is 14.6. The maximum atomic E-state index is 13.1. The summed E-state index contributed by atoms with van der Waals surface area (Å²) >= 11 is 0. The Morgan fingerprint density at radius 2 is 1.94 bits per heavy atom. The first-order valence-corrected chi connectivity index (χ1v) is 11.5. The minimum atomic E-state index is -3.88. The third-order valence-electron chi connectivity index (χ3n) is 5.82. The number of nitrogens with zero attached hydrogens (tertiary/aromatic N) is 5. The zero-order chi connectivity index (χ0) is 22.5. The van der Waals surface area contributed by atoms with Crippen molar-refractivity contribution < 1.29 is 18.3 Å². The molecule has 4 aromatic rings. The Labute approximate surface area is 184 Å². The first-order chi connectivity index (χ1) is 15.4. The molecule has 5 rings (SSSR count). The monoisotopic (exact) mass is 451 g/mol. The fraction of sp³-hybridized carbons (Fsp3) is 0.227. The molecule has 0 aliphatic carbocycles. The van der Waals surface area contributed by atoms with Crippen molar-refractivity contribution in [3.63, 3.8) is 0 Å². The highest BCUT2D eigenvalue weighted by Crippen LogP contribution is 2.28. The van der Waals surface area contributed by atoms with E-state index in [-0.39, 0.29) is 30.5 Å². The van der Waals surface area contributed by atoms with Gasteiger partial charge in [-0.2, -0.15) is 22.7 Å². The maximum Gasteiger partial charge on any atom is 0.283 e. The summed E-state index contributed by atoms with van der Waals surface area (Å²) in [6, 6.07) is 13.9. The number of hydrogen-bond acceptors (Lipinski definition) is 6. The molecule has 1 atom stereocenters. The van der Waals surface area contributed by atoms with Gasteiger partial charge in [0.2, 0.25) is 5.91 Å². The zero-order valence-electron chi connectivity index (χ0n) is 17.3. The van der Waals surface area contributed by atoms with E-state index < -0.39 is 15.9 Å². The summed E-state index contributed by atoms with van der Waals surface area (Å²) in [4.78, 5) is 14.7. The van der Waals surface area contributed by atoms with Gasteiger partial charge in [0.1, 0.15) is 0 Å². The fourth-order valence-corrected chi connectivity index (χ4v) is 5.22. The highest BCUT2D eigenvalue weighted by molar-refractivity contribution is 7.89. The summed E-state index contributed by atoms with van der Waals surface area (Å²) in [5, 5.41) is 19.0. The second-order valence-corrected chi connectivity index (χ2v) is 9.60. The van der Waals surface area contributed by atoms with Crippen LogP contribution in [0.15, 0.2) is 65.8 Å². The van der Waals surface area contributed by atoms with Crippen molar-refractivity contribution >= 4 is 26.8 Å². The van der Waals surface area contributed by atoms with Crippen LogP contribution in [0.1, 0.15) is 22.7 Å². The maximum absolute atomic E-state index is 13.1. The van der Waals surface area contributed by atoms with E-state index in [9.17, 15) is 18.3 Å². The van der Waals surface area contributed by atoms with Crippen molar-refractivity contribution in [1.82, 2.24) is 23.9 Å². The lowest BCUT2D eigenvalue weighted by atomic mass is 9.98. The number of aryl methyl sites for hydroxylation is 1. The summed E-state index contributed by atoms with van der Waals surface area (Å²) in [5.41, 5.74) is 2.66. The molecule has 2 aromatic heterocycles. The van der Waals surface area contributed by atoms with Gasteiger partial charge in [-0.05, 0) is 23.8 Å². The van der Waals surface area contributed by atoms with Gasteiger partial charge in [-0.15, -0.1) is 0 Å². The van der Waals surface area contributed by atoms with Crippen molar-refractivity contribution in [3.8, 4) is 0 Å². The Bertz CT molecular complexity index is 1400. The number of aliphatic hydroxyl groups excluding tert-OH is 1. The smallest absolute Gasteiger partial charge is 0.283 e. The summed E-state index contributed by atoms with van der Waals surface area (Å²) in [5.74, 6) is -0.880. The molecule has 0 spiro atoms. The molecule has 1 aliphatic rings. The second kappa shape index (κ2) is 7.57. The summed E-state index contributed by atoms with van der Waals surface area (Å²) in [6.07, 6.45) is 3.14. The molecule has 164 valence electrons. The Kier molecular flexibility index (Phi) is 4.83. The Morgan fingerprint density at radius 3 is 2.66 bits per heavy atom. The fourth-order valence-electron chi connectivity index (χ4n) is 4.03. The average molecular weight is 452 g/mol.